The van der Waals surface area contributed by atoms with Gasteiger partial charge in [0.1, 0.15) is 6.10 Å². The molecule has 0 aromatic heterocycles. The predicted octanol–water partition coefficient (Wildman–Crippen LogP) is -0.459. The number of hydrogen-bond acceptors (Lipinski definition) is 5. The quantitative estimate of drug-likeness (QED) is 0.624. The Balaban J connectivity index is 2.79. The zero-order valence-corrected chi connectivity index (χ0v) is 9.08. The summed E-state index contributed by atoms with van der Waals surface area (Å²) in [7, 11) is 2.69. The Bertz CT molecular complexity index is 235. The number of hydrogen-bond donors (Lipinski definition) is 2. The van der Waals surface area contributed by atoms with Gasteiger partial charge in [0.05, 0.1) is 13.2 Å². The standard InChI is InChI=1S/C9H17NO5/c1-5-4-6(14-2)7(11)8(12)10(5)9(13)15-3/h5-8,11-12H,4H2,1-3H3/t5-,6-,7+,8+/m1/s1. The molecule has 0 unspecified atom stereocenters. The summed E-state index contributed by atoms with van der Waals surface area (Å²) in [6.07, 6.45) is -3.04. The molecule has 0 bridgehead atoms. The summed E-state index contributed by atoms with van der Waals surface area (Å²) in [6, 6.07) is -0.235. The van der Waals surface area contributed by atoms with E-state index < -0.39 is 24.5 Å². The van der Waals surface area contributed by atoms with Crippen molar-refractivity contribution in [3.05, 3.63) is 0 Å². The maximum Gasteiger partial charge on any atom is 0.411 e. The van der Waals surface area contributed by atoms with Crippen LogP contribution >= 0.6 is 0 Å². The van der Waals surface area contributed by atoms with Gasteiger partial charge >= 0.3 is 6.09 Å². The molecule has 0 spiro atoms. The van der Waals surface area contributed by atoms with Crippen molar-refractivity contribution in [1.29, 1.82) is 0 Å². The lowest BCUT2D eigenvalue weighted by Gasteiger charge is -2.42. The Morgan fingerprint density at radius 2 is 2.00 bits per heavy atom. The first-order valence-corrected chi connectivity index (χ1v) is 4.78. The van der Waals surface area contributed by atoms with Gasteiger partial charge in [-0.05, 0) is 13.3 Å². The van der Waals surface area contributed by atoms with Gasteiger partial charge in [-0.15, -0.1) is 0 Å². The highest BCUT2D eigenvalue weighted by Gasteiger charge is 2.42. The van der Waals surface area contributed by atoms with Crippen LogP contribution < -0.4 is 0 Å². The fourth-order valence-corrected chi connectivity index (χ4v) is 1.84. The van der Waals surface area contributed by atoms with Crippen LogP contribution in [0, 0.1) is 0 Å². The van der Waals surface area contributed by atoms with Crippen molar-refractivity contribution < 1.29 is 24.5 Å². The Morgan fingerprint density at radius 3 is 2.47 bits per heavy atom. The number of rotatable bonds is 1. The van der Waals surface area contributed by atoms with Crippen molar-refractivity contribution >= 4 is 6.09 Å². The fraction of sp³-hybridized carbons (Fsp3) is 0.889. The van der Waals surface area contributed by atoms with E-state index in [2.05, 4.69) is 4.74 Å². The first kappa shape index (κ1) is 12.2. The second-order valence-corrected chi connectivity index (χ2v) is 3.64. The number of piperidine rings is 1. The van der Waals surface area contributed by atoms with E-state index in [0.717, 1.165) is 4.90 Å². The van der Waals surface area contributed by atoms with Gasteiger partial charge in [-0.1, -0.05) is 0 Å². The lowest BCUT2D eigenvalue weighted by Crippen LogP contribution is -2.60. The van der Waals surface area contributed by atoms with E-state index in [-0.39, 0.29) is 6.04 Å². The number of ether oxygens (including phenoxy) is 2. The van der Waals surface area contributed by atoms with Crippen LogP contribution in [0.3, 0.4) is 0 Å². The minimum absolute atomic E-state index is 0.235. The lowest BCUT2D eigenvalue weighted by atomic mass is 9.97. The molecule has 2 N–H and O–H groups in total. The van der Waals surface area contributed by atoms with Crippen LogP contribution in [0.1, 0.15) is 13.3 Å². The topological polar surface area (TPSA) is 79.2 Å². The van der Waals surface area contributed by atoms with E-state index in [1.807, 2.05) is 0 Å². The molecular formula is C9H17NO5. The number of likely N-dealkylation sites (tertiary alicyclic amines) is 1. The highest BCUT2D eigenvalue weighted by atomic mass is 16.5. The number of methoxy groups -OCH3 is 2. The van der Waals surface area contributed by atoms with Crippen LogP contribution in [-0.2, 0) is 9.47 Å². The van der Waals surface area contributed by atoms with Crippen molar-refractivity contribution in [2.45, 2.75) is 37.8 Å². The van der Waals surface area contributed by atoms with Crippen LogP contribution in [0.4, 0.5) is 4.79 Å². The number of aliphatic hydroxyl groups excluding tert-OH is 2. The summed E-state index contributed by atoms with van der Waals surface area (Å²) < 4.78 is 9.54. The molecule has 1 fully saturated rings. The SMILES string of the molecule is COC(=O)N1[C@H](C)C[C@@H](OC)[C@H](O)[C@@H]1O. The van der Waals surface area contributed by atoms with Crippen LogP contribution in [0.25, 0.3) is 0 Å². The molecule has 4 atom stereocenters. The minimum atomic E-state index is -1.29. The second kappa shape index (κ2) is 4.78. The van der Waals surface area contributed by atoms with Gasteiger partial charge in [0, 0.05) is 13.2 Å². The highest BCUT2D eigenvalue weighted by molar-refractivity contribution is 5.68. The molecule has 1 aliphatic heterocycles. The van der Waals surface area contributed by atoms with E-state index in [4.69, 9.17) is 4.74 Å². The molecule has 1 amide bonds. The van der Waals surface area contributed by atoms with E-state index in [0.29, 0.717) is 6.42 Å². The molecule has 1 rings (SSSR count). The molecule has 6 heteroatoms. The van der Waals surface area contributed by atoms with Crippen molar-refractivity contribution in [3.8, 4) is 0 Å². The molecule has 88 valence electrons. The Morgan fingerprint density at radius 1 is 1.40 bits per heavy atom. The Labute approximate surface area is 88.4 Å². The summed E-state index contributed by atoms with van der Waals surface area (Å²) >= 11 is 0. The molecule has 0 aliphatic carbocycles. The summed E-state index contributed by atoms with van der Waals surface area (Å²) in [5.41, 5.74) is 0. The molecule has 1 heterocycles. The Kier molecular flexibility index (Phi) is 3.90. The van der Waals surface area contributed by atoms with Crippen molar-refractivity contribution in [3.63, 3.8) is 0 Å². The molecule has 15 heavy (non-hydrogen) atoms. The zero-order chi connectivity index (χ0) is 11.6. The molecule has 0 aromatic carbocycles. The first-order chi connectivity index (χ1) is 7.02. The van der Waals surface area contributed by atoms with E-state index in [9.17, 15) is 15.0 Å². The molecule has 0 radical (unpaired) electrons. The number of amides is 1. The van der Waals surface area contributed by atoms with Crippen molar-refractivity contribution in [2.75, 3.05) is 14.2 Å². The third kappa shape index (κ3) is 2.22. The van der Waals surface area contributed by atoms with E-state index in [1.165, 1.54) is 14.2 Å². The summed E-state index contributed by atoms with van der Waals surface area (Å²) in [5, 5.41) is 19.4. The molecular weight excluding hydrogens is 202 g/mol. The molecule has 1 aliphatic rings. The average Bonchev–Trinajstić information content (AvgIpc) is 2.23. The van der Waals surface area contributed by atoms with Gasteiger partial charge < -0.3 is 19.7 Å². The van der Waals surface area contributed by atoms with Gasteiger partial charge in [-0.3, -0.25) is 4.90 Å². The highest BCUT2D eigenvalue weighted by Crippen LogP contribution is 2.24. The number of nitrogens with zero attached hydrogens (tertiary/aromatic N) is 1. The fourth-order valence-electron chi connectivity index (χ4n) is 1.84. The maximum atomic E-state index is 11.3. The predicted molar refractivity (Wildman–Crippen MR) is 51.1 cm³/mol. The lowest BCUT2D eigenvalue weighted by molar-refractivity contribution is -0.168. The monoisotopic (exact) mass is 219 g/mol. The third-order valence-corrected chi connectivity index (χ3v) is 2.71. The van der Waals surface area contributed by atoms with Crippen LogP contribution in [0.2, 0.25) is 0 Å². The Hall–Kier alpha value is -0.850. The van der Waals surface area contributed by atoms with Gasteiger partial charge in [-0.25, -0.2) is 4.79 Å². The van der Waals surface area contributed by atoms with Crippen LogP contribution in [-0.4, -0.2) is 59.9 Å². The molecule has 0 saturated carbocycles. The van der Waals surface area contributed by atoms with Gasteiger partial charge in [0.25, 0.3) is 0 Å². The number of carbonyl (C=O) groups excluding carboxylic acids is 1. The number of carbonyl (C=O) groups is 1. The summed E-state index contributed by atoms with van der Waals surface area (Å²) in [6.45, 7) is 1.76. The smallest absolute Gasteiger partial charge is 0.411 e. The first-order valence-electron chi connectivity index (χ1n) is 4.78. The van der Waals surface area contributed by atoms with Gasteiger partial charge in [0.2, 0.25) is 0 Å². The van der Waals surface area contributed by atoms with Gasteiger partial charge in [-0.2, -0.15) is 0 Å². The largest absolute Gasteiger partial charge is 0.453 e. The van der Waals surface area contributed by atoms with E-state index >= 15 is 0 Å². The number of aliphatic hydroxyl groups is 2. The molecule has 0 aromatic rings. The van der Waals surface area contributed by atoms with Crippen molar-refractivity contribution in [2.24, 2.45) is 0 Å². The summed E-state index contributed by atoms with van der Waals surface area (Å²) in [5.74, 6) is 0. The average molecular weight is 219 g/mol. The van der Waals surface area contributed by atoms with Gasteiger partial charge in [0.15, 0.2) is 6.23 Å². The van der Waals surface area contributed by atoms with E-state index in [1.54, 1.807) is 6.92 Å². The third-order valence-electron chi connectivity index (χ3n) is 2.71. The minimum Gasteiger partial charge on any atom is -0.453 e. The summed E-state index contributed by atoms with van der Waals surface area (Å²) in [4.78, 5) is 12.4. The van der Waals surface area contributed by atoms with Crippen molar-refractivity contribution in [1.82, 2.24) is 4.90 Å². The normalized spacial score (nSPS) is 36.5. The van der Waals surface area contributed by atoms with Crippen LogP contribution in [0.5, 0.6) is 0 Å². The second-order valence-electron chi connectivity index (χ2n) is 3.64. The molecule has 6 nitrogen and oxygen atoms in total. The van der Waals surface area contributed by atoms with Crippen LogP contribution in [0.15, 0.2) is 0 Å². The molecule has 1 saturated heterocycles. The zero-order valence-electron chi connectivity index (χ0n) is 9.08. The maximum absolute atomic E-state index is 11.3.